The highest BCUT2D eigenvalue weighted by Gasteiger charge is 2.12. The molecule has 1 rings (SSSR count). The van der Waals surface area contributed by atoms with Crippen LogP contribution in [0.5, 0.6) is 0 Å². The average molecular weight is 318 g/mol. The van der Waals surface area contributed by atoms with Crippen molar-refractivity contribution < 1.29 is 0 Å². The Balaban J connectivity index is 2.26. The van der Waals surface area contributed by atoms with Gasteiger partial charge in [-0.2, -0.15) is 0 Å². The SMILES string of the molecule is CCCCCCC(C)NC(C)c1sccc1Br. The van der Waals surface area contributed by atoms with E-state index in [1.54, 1.807) is 0 Å². The normalized spacial score (nSPS) is 14.8. The molecular formula is C14H24BrNS. The molecule has 1 aromatic rings. The number of unbranched alkanes of at least 4 members (excludes halogenated alkanes) is 3. The summed E-state index contributed by atoms with van der Waals surface area (Å²) in [7, 11) is 0. The molecule has 0 saturated heterocycles. The van der Waals surface area contributed by atoms with E-state index in [1.807, 2.05) is 11.3 Å². The molecule has 0 fully saturated rings. The van der Waals surface area contributed by atoms with Crippen molar-refractivity contribution in [2.75, 3.05) is 0 Å². The molecule has 3 heteroatoms. The molecule has 1 N–H and O–H groups in total. The molecule has 2 atom stereocenters. The van der Waals surface area contributed by atoms with Gasteiger partial charge in [0.15, 0.2) is 0 Å². The summed E-state index contributed by atoms with van der Waals surface area (Å²) in [4.78, 5) is 1.41. The third-order valence-corrected chi connectivity index (χ3v) is 5.12. The Hall–Kier alpha value is 0.140. The Bertz CT molecular complexity index is 311. The lowest BCUT2D eigenvalue weighted by atomic mass is 10.1. The van der Waals surface area contributed by atoms with E-state index in [-0.39, 0.29) is 0 Å². The first-order chi connectivity index (χ1) is 8.15. The molecule has 0 aromatic carbocycles. The van der Waals surface area contributed by atoms with E-state index in [2.05, 4.69) is 53.5 Å². The van der Waals surface area contributed by atoms with Gasteiger partial charge < -0.3 is 5.32 Å². The summed E-state index contributed by atoms with van der Waals surface area (Å²) < 4.78 is 1.24. The van der Waals surface area contributed by atoms with Crippen LogP contribution in [0.1, 0.15) is 63.8 Å². The van der Waals surface area contributed by atoms with Crippen LogP contribution in [0.4, 0.5) is 0 Å². The van der Waals surface area contributed by atoms with Crippen LogP contribution in [0.15, 0.2) is 15.9 Å². The molecule has 0 spiro atoms. The second-order valence-corrected chi connectivity index (χ2v) is 6.57. The summed E-state index contributed by atoms with van der Waals surface area (Å²) in [5.74, 6) is 0. The van der Waals surface area contributed by atoms with Crippen LogP contribution in [0.25, 0.3) is 0 Å². The molecule has 0 aliphatic rings. The largest absolute Gasteiger partial charge is 0.307 e. The first-order valence-corrected chi connectivity index (χ1v) is 8.31. The van der Waals surface area contributed by atoms with Crippen LogP contribution < -0.4 is 5.32 Å². The molecule has 0 aliphatic carbocycles. The zero-order valence-electron chi connectivity index (χ0n) is 11.1. The van der Waals surface area contributed by atoms with Gasteiger partial charge in [-0.15, -0.1) is 11.3 Å². The molecule has 17 heavy (non-hydrogen) atoms. The molecule has 98 valence electrons. The van der Waals surface area contributed by atoms with E-state index in [9.17, 15) is 0 Å². The maximum Gasteiger partial charge on any atom is 0.0399 e. The lowest BCUT2D eigenvalue weighted by molar-refractivity contribution is 0.440. The predicted molar refractivity (Wildman–Crippen MR) is 81.8 cm³/mol. The standard InChI is InChI=1S/C14H24BrNS/c1-4-5-6-7-8-11(2)16-12(3)14-13(15)9-10-17-14/h9-12,16H,4-8H2,1-3H3. The number of hydrogen-bond acceptors (Lipinski definition) is 2. The molecule has 1 nitrogen and oxygen atoms in total. The zero-order valence-corrected chi connectivity index (χ0v) is 13.5. The lowest BCUT2D eigenvalue weighted by Crippen LogP contribution is -2.28. The Morgan fingerprint density at radius 2 is 2.06 bits per heavy atom. The van der Waals surface area contributed by atoms with E-state index in [0.717, 1.165) is 0 Å². The second kappa shape index (κ2) is 8.28. The lowest BCUT2D eigenvalue weighted by Gasteiger charge is -2.19. The highest BCUT2D eigenvalue weighted by atomic mass is 79.9. The van der Waals surface area contributed by atoms with Gasteiger partial charge >= 0.3 is 0 Å². The van der Waals surface area contributed by atoms with Crippen molar-refractivity contribution in [3.05, 3.63) is 20.8 Å². The summed E-state index contributed by atoms with van der Waals surface area (Å²) in [5.41, 5.74) is 0. The van der Waals surface area contributed by atoms with Gasteiger partial charge in [0.1, 0.15) is 0 Å². The van der Waals surface area contributed by atoms with Gasteiger partial charge in [0.25, 0.3) is 0 Å². The van der Waals surface area contributed by atoms with Crippen molar-refractivity contribution in [1.82, 2.24) is 5.32 Å². The van der Waals surface area contributed by atoms with Gasteiger partial charge in [0.2, 0.25) is 0 Å². The van der Waals surface area contributed by atoms with Gasteiger partial charge in [-0.1, -0.05) is 32.6 Å². The van der Waals surface area contributed by atoms with Crippen molar-refractivity contribution in [1.29, 1.82) is 0 Å². The number of hydrogen-bond donors (Lipinski definition) is 1. The molecule has 2 unspecified atom stereocenters. The molecule has 1 heterocycles. The van der Waals surface area contributed by atoms with Gasteiger partial charge in [-0.05, 0) is 47.6 Å². The molecule has 0 amide bonds. The fourth-order valence-corrected chi connectivity index (χ4v) is 3.81. The van der Waals surface area contributed by atoms with Gasteiger partial charge in [-0.3, -0.25) is 0 Å². The highest BCUT2D eigenvalue weighted by molar-refractivity contribution is 9.10. The highest BCUT2D eigenvalue weighted by Crippen LogP contribution is 2.29. The molecule has 0 radical (unpaired) electrons. The van der Waals surface area contributed by atoms with E-state index in [0.29, 0.717) is 12.1 Å². The monoisotopic (exact) mass is 317 g/mol. The van der Waals surface area contributed by atoms with E-state index >= 15 is 0 Å². The van der Waals surface area contributed by atoms with E-state index in [1.165, 1.54) is 41.5 Å². The van der Waals surface area contributed by atoms with Crippen molar-refractivity contribution >= 4 is 27.3 Å². The summed E-state index contributed by atoms with van der Waals surface area (Å²) in [5, 5.41) is 5.82. The van der Waals surface area contributed by atoms with Crippen molar-refractivity contribution in [2.24, 2.45) is 0 Å². The quantitative estimate of drug-likeness (QED) is 0.622. The van der Waals surface area contributed by atoms with Crippen molar-refractivity contribution in [3.8, 4) is 0 Å². The van der Waals surface area contributed by atoms with Gasteiger partial charge in [0.05, 0.1) is 0 Å². The molecule has 0 aliphatic heterocycles. The molecule has 0 saturated carbocycles. The minimum Gasteiger partial charge on any atom is -0.307 e. The third kappa shape index (κ3) is 5.54. The Labute approximate surface area is 118 Å². The molecular weight excluding hydrogens is 294 g/mol. The van der Waals surface area contributed by atoms with Crippen LogP contribution >= 0.6 is 27.3 Å². The van der Waals surface area contributed by atoms with Gasteiger partial charge in [-0.25, -0.2) is 0 Å². The van der Waals surface area contributed by atoms with Gasteiger partial charge in [0, 0.05) is 21.4 Å². The zero-order chi connectivity index (χ0) is 12.7. The fraction of sp³-hybridized carbons (Fsp3) is 0.714. The first kappa shape index (κ1) is 15.2. The Kier molecular flexibility index (Phi) is 7.40. The number of rotatable bonds is 8. The minimum atomic E-state index is 0.450. The summed E-state index contributed by atoms with van der Waals surface area (Å²) in [6, 6.07) is 3.19. The topological polar surface area (TPSA) is 12.0 Å². The summed E-state index contributed by atoms with van der Waals surface area (Å²) in [6.07, 6.45) is 6.70. The number of halogens is 1. The van der Waals surface area contributed by atoms with Crippen LogP contribution in [0, 0.1) is 0 Å². The molecule has 1 aromatic heterocycles. The summed E-state index contributed by atoms with van der Waals surface area (Å²) in [6.45, 7) is 6.81. The van der Waals surface area contributed by atoms with Crippen molar-refractivity contribution in [3.63, 3.8) is 0 Å². The Morgan fingerprint density at radius 1 is 1.29 bits per heavy atom. The predicted octanol–water partition coefficient (Wildman–Crippen LogP) is 5.52. The van der Waals surface area contributed by atoms with Crippen LogP contribution in [-0.4, -0.2) is 6.04 Å². The second-order valence-electron chi connectivity index (χ2n) is 4.77. The Morgan fingerprint density at radius 3 is 2.65 bits per heavy atom. The maximum absolute atomic E-state index is 3.68. The third-order valence-electron chi connectivity index (χ3n) is 3.06. The average Bonchev–Trinajstić information content (AvgIpc) is 2.71. The number of thiophene rings is 1. The van der Waals surface area contributed by atoms with Crippen LogP contribution in [0.2, 0.25) is 0 Å². The van der Waals surface area contributed by atoms with E-state index in [4.69, 9.17) is 0 Å². The molecule has 0 bridgehead atoms. The smallest absolute Gasteiger partial charge is 0.0399 e. The first-order valence-electron chi connectivity index (χ1n) is 6.64. The van der Waals surface area contributed by atoms with Crippen LogP contribution in [-0.2, 0) is 0 Å². The number of nitrogens with one attached hydrogen (secondary N) is 1. The van der Waals surface area contributed by atoms with Crippen molar-refractivity contribution in [2.45, 2.75) is 65.0 Å². The summed E-state index contributed by atoms with van der Waals surface area (Å²) >= 11 is 5.42. The van der Waals surface area contributed by atoms with Crippen LogP contribution in [0.3, 0.4) is 0 Å². The fourth-order valence-electron chi connectivity index (χ4n) is 2.08. The maximum atomic E-state index is 3.68. The minimum absolute atomic E-state index is 0.450. The van der Waals surface area contributed by atoms with E-state index < -0.39 is 0 Å².